The molecule has 0 spiro atoms. The summed E-state index contributed by atoms with van der Waals surface area (Å²) in [4.78, 5) is 43.5. The number of likely N-dealkylation sites (tertiary alicyclic amines) is 2. The standard InChI is InChI=1S/C19H22N4O.2C2HF3O2/c1-14-4-2-6-16(21-14)13-23-17-7-9-22(18(17)10-19(23)24)12-15-5-3-8-20-11-15;2*3-2(4,5)1(6)7/h2-6,8,11,17-18H,7,9-10,12-13H2,1H3;2*(H,6,7)/t17-,18-;;/m0../s1. The van der Waals surface area contributed by atoms with Crippen LogP contribution in [-0.2, 0) is 27.5 Å². The van der Waals surface area contributed by atoms with Gasteiger partial charge in [0.15, 0.2) is 0 Å². The van der Waals surface area contributed by atoms with Crippen LogP contribution in [0, 0.1) is 6.92 Å². The minimum absolute atomic E-state index is 0.254. The van der Waals surface area contributed by atoms with Crippen molar-refractivity contribution in [2.75, 3.05) is 6.54 Å². The fourth-order valence-corrected chi connectivity index (χ4v) is 4.00. The Morgan fingerprint density at radius 3 is 2.08 bits per heavy atom. The van der Waals surface area contributed by atoms with Gasteiger partial charge in [-0.2, -0.15) is 26.3 Å². The van der Waals surface area contributed by atoms with Crippen LogP contribution in [0.15, 0.2) is 42.7 Å². The number of hydrogen-bond donors (Lipinski definition) is 2. The maximum atomic E-state index is 12.5. The van der Waals surface area contributed by atoms with E-state index < -0.39 is 24.3 Å². The van der Waals surface area contributed by atoms with Gasteiger partial charge in [0, 0.05) is 49.7 Å². The molecule has 2 aromatic heterocycles. The highest BCUT2D eigenvalue weighted by atomic mass is 19.4. The Bertz CT molecular complexity index is 1090. The lowest BCUT2D eigenvalue weighted by Gasteiger charge is -2.25. The molecule has 2 aromatic rings. The van der Waals surface area contributed by atoms with Crippen molar-refractivity contribution in [2.24, 2.45) is 0 Å². The van der Waals surface area contributed by atoms with Gasteiger partial charge in [0.25, 0.3) is 0 Å². The number of pyridine rings is 2. The van der Waals surface area contributed by atoms with Crippen molar-refractivity contribution in [3.8, 4) is 0 Å². The van der Waals surface area contributed by atoms with Crippen LogP contribution in [0.4, 0.5) is 26.3 Å². The highest BCUT2D eigenvalue weighted by molar-refractivity contribution is 5.80. The zero-order chi connectivity index (χ0) is 28.7. The molecule has 15 heteroatoms. The summed E-state index contributed by atoms with van der Waals surface area (Å²) >= 11 is 0. The Balaban J connectivity index is 0.000000301. The quantitative estimate of drug-likeness (QED) is 0.556. The van der Waals surface area contributed by atoms with Crippen LogP contribution in [0.2, 0.25) is 0 Å². The van der Waals surface area contributed by atoms with Gasteiger partial charge in [-0.05, 0) is 37.1 Å². The number of fused-ring (bicyclic) bond motifs is 1. The van der Waals surface area contributed by atoms with Crippen LogP contribution < -0.4 is 0 Å². The van der Waals surface area contributed by atoms with Crippen LogP contribution in [0.1, 0.15) is 29.8 Å². The molecule has 4 heterocycles. The van der Waals surface area contributed by atoms with E-state index in [1.54, 1.807) is 6.20 Å². The minimum atomic E-state index is -5.08. The van der Waals surface area contributed by atoms with Crippen molar-refractivity contribution >= 4 is 17.8 Å². The molecule has 2 N–H and O–H groups in total. The highest BCUT2D eigenvalue weighted by Gasteiger charge is 2.46. The van der Waals surface area contributed by atoms with Crippen molar-refractivity contribution in [1.82, 2.24) is 19.8 Å². The van der Waals surface area contributed by atoms with Crippen LogP contribution in [-0.4, -0.2) is 78.8 Å². The lowest BCUT2D eigenvalue weighted by atomic mass is 10.1. The van der Waals surface area contributed by atoms with Gasteiger partial charge >= 0.3 is 24.3 Å². The molecule has 0 aromatic carbocycles. The number of halogens is 6. The molecule has 0 saturated carbocycles. The highest BCUT2D eigenvalue weighted by Crippen LogP contribution is 2.34. The molecule has 38 heavy (non-hydrogen) atoms. The molecule has 2 aliphatic rings. The molecule has 9 nitrogen and oxygen atoms in total. The minimum Gasteiger partial charge on any atom is -0.475 e. The summed E-state index contributed by atoms with van der Waals surface area (Å²) < 4.78 is 63.5. The van der Waals surface area contributed by atoms with Gasteiger partial charge in [-0.15, -0.1) is 0 Å². The van der Waals surface area contributed by atoms with Gasteiger partial charge in [0.1, 0.15) is 0 Å². The third kappa shape index (κ3) is 8.97. The second-order valence-corrected chi connectivity index (χ2v) is 8.36. The number of aromatic nitrogens is 2. The zero-order valence-corrected chi connectivity index (χ0v) is 19.9. The largest absolute Gasteiger partial charge is 0.490 e. The van der Waals surface area contributed by atoms with E-state index in [1.807, 2.05) is 42.3 Å². The number of aryl methyl sites for hydroxylation is 1. The Morgan fingerprint density at radius 2 is 1.58 bits per heavy atom. The first-order chi connectivity index (χ1) is 17.6. The molecular formula is C23H24F6N4O5. The number of carbonyl (C=O) groups excluding carboxylic acids is 1. The number of alkyl halides is 6. The van der Waals surface area contributed by atoms with Crippen LogP contribution >= 0.6 is 0 Å². The van der Waals surface area contributed by atoms with E-state index in [9.17, 15) is 31.1 Å². The third-order valence-electron chi connectivity index (χ3n) is 5.60. The van der Waals surface area contributed by atoms with E-state index in [4.69, 9.17) is 19.8 Å². The third-order valence-corrected chi connectivity index (χ3v) is 5.60. The summed E-state index contributed by atoms with van der Waals surface area (Å²) in [6.45, 7) is 4.53. The van der Waals surface area contributed by atoms with E-state index in [0.29, 0.717) is 25.0 Å². The first-order valence-electron chi connectivity index (χ1n) is 11.0. The Morgan fingerprint density at radius 1 is 0.974 bits per heavy atom. The molecule has 0 unspecified atom stereocenters. The fraction of sp³-hybridized carbons (Fsp3) is 0.435. The molecule has 208 valence electrons. The lowest BCUT2D eigenvalue weighted by Crippen LogP contribution is -2.36. The molecule has 0 bridgehead atoms. The summed E-state index contributed by atoms with van der Waals surface area (Å²) in [5.74, 6) is -5.26. The topological polar surface area (TPSA) is 124 Å². The van der Waals surface area contributed by atoms with Gasteiger partial charge in [-0.3, -0.25) is 19.7 Å². The first-order valence-corrected chi connectivity index (χ1v) is 11.0. The molecule has 0 aliphatic carbocycles. The normalized spacial score (nSPS) is 19.1. The van der Waals surface area contributed by atoms with E-state index in [0.717, 1.165) is 30.9 Å². The average molecular weight is 550 g/mol. The molecule has 1 amide bonds. The van der Waals surface area contributed by atoms with E-state index in [-0.39, 0.29) is 5.91 Å². The fourth-order valence-electron chi connectivity index (χ4n) is 4.00. The predicted molar refractivity (Wildman–Crippen MR) is 118 cm³/mol. The number of nitrogens with zero attached hydrogens (tertiary/aromatic N) is 4. The Labute approximate surface area is 212 Å². The molecule has 2 atom stereocenters. The number of carboxylic acid groups (broad SMARTS) is 2. The van der Waals surface area contributed by atoms with Gasteiger partial charge in [-0.1, -0.05) is 12.1 Å². The summed E-state index contributed by atoms with van der Waals surface area (Å²) in [7, 11) is 0. The van der Waals surface area contributed by atoms with Crippen LogP contribution in [0.5, 0.6) is 0 Å². The molecule has 2 fully saturated rings. The van der Waals surface area contributed by atoms with E-state index in [2.05, 4.69) is 20.9 Å². The number of carboxylic acids is 2. The van der Waals surface area contributed by atoms with Crippen LogP contribution in [0.3, 0.4) is 0 Å². The number of aliphatic carboxylic acids is 2. The lowest BCUT2D eigenvalue weighted by molar-refractivity contribution is -0.193. The summed E-state index contributed by atoms with van der Waals surface area (Å²) in [5, 5.41) is 14.2. The SMILES string of the molecule is Cc1cccc(CN2C(=O)C[C@H]3[C@@H]2CCN3Cc2cccnc2)n1.O=C(O)C(F)(F)F.O=C(O)C(F)(F)F. The maximum Gasteiger partial charge on any atom is 0.490 e. The van der Waals surface area contributed by atoms with Crippen molar-refractivity contribution in [1.29, 1.82) is 0 Å². The van der Waals surface area contributed by atoms with E-state index >= 15 is 0 Å². The average Bonchev–Trinajstić information content (AvgIpc) is 3.33. The molecule has 4 rings (SSSR count). The Hall–Kier alpha value is -3.75. The van der Waals surface area contributed by atoms with Gasteiger partial charge in [-0.25, -0.2) is 9.59 Å². The van der Waals surface area contributed by atoms with Crippen LogP contribution in [0.25, 0.3) is 0 Å². The monoisotopic (exact) mass is 550 g/mol. The summed E-state index contributed by atoms with van der Waals surface area (Å²) in [6, 6.07) is 10.7. The van der Waals surface area contributed by atoms with Gasteiger partial charge < -0.3 is 15.1 Å². The smallest absolute Gasteiger partial charge is 0.475 e. The molecule has 2 saturated heterocycles. The zero-order valence-electron chi connectivity index (χ0n) is 19.9. The number of rotatable bonds is 4. The van der Waals surface area contributed by atoms with Crippen molar-refractivity contribution in [3.05, 3.63) is 59.7 Å². The summed E-state index contributed by atoms with van der Waals surface area (Å²) in [5.41, 5.74) is 3.19. The number of hydrogen-bond acceptors (Lipinski definition) is 6. The second kappa shape index (κ2) is 12.7. The molecule has 0 radical (unpaired) electrons. The second-order valence-electron chi connectivity index (χ2n) is 8.36. The van der Waals surface area contributed by atoms with E-state index in [1.165, 1.54) is 5.56 Å². The van der Waals surface area contributed by atoms with Crippen molar-refractivity contribution in [2.45, 2.75) is 57.3 Å². The first kappa shape index (κ1) is 30.5. The molecular weight excluding hydrogens is 526 g/mol. The van der Waals surface area contributed by atoms with Crippen molar-refractivity contribution < 1.29 is 50.9 Å². The number of carbonyl (C=O) groups is 3. The van der Waals surface area contributed by atoms with Gasteiger partial charge in [0.05, 0.1) is 12.2 Å². The predicted octanol–water partition coefficient (Wildman–Crippen LogP) is 3.43. The van der Waals surface area contributed by atoms with Gasteiger partial charge in [0.2, 0.25) is 5.91 Å². The summed E-state index contributed by atoms with van der Waals surface area (Å²) in [6.07, 6.45) is -4.79. The van der Waals surface area contributed by atoms with Crippen molar-refractivity contribution in [3.63, 3.8) is 0 Å². The Kier molecular flexibility index (Phi) is 10.2. The maximum absolute atomic E-state index is 12.5. The molecule has 2 aliphatic heterocycles. The number of amides is 1.